The van der Waals surface area contributed by atoms with Crippen LogP contribution >= 0.6 is 0 Å². The van der Waals surface area contributed by atoms with Gasteiger partial charge < -0.3 is 20.1 Å². The van der Waals surface area contributed by atoms with Crippen LogP contribution < -0.4 is 15.4 Å². The lowest BCUT2D eigenvalue weighted by Crippen LogP contribution is -2.28. The Morgan fingerprint density at radius 3 is 2.31 bits per heavy atom. The minimum Gasteiger partial charge on any atom is -0.496 e. The summed E-state index contributed by atoms with van der Waals surface area (Å²) in [7, 11) is 1.46. The molecule has 0 saturated carbocycles. The third-order valence-corrected chi connectivity index (χ3v) is 3.91. The minimum atomic E-state index is -0.618. The molecular weight excluding hydrogens is 376 g/mol. The van der Waals surface area contributed by atoms with Gasteiger partial charge >= 0.3 is 5.97 Å². The number of anilines is 1. The molecule has 0 aliphatic rings. The first kappa shape index (κ1) is 21.6. The van der Waals surface area contributed by atoms with Gasteiger partial charge in [0.1, 0.15) is 5.75 Å². The van der Waals surface area contributed by atoms with Gasteiger partial charge in [0.25, 0.3) is 11.8 Å². The number of ketones is 1. The highest BCUT2D eigenvalue weighted by molar-refractivity contribution is 5.97. The molecule has 0 atom stereocenters. The van der Waals surface area contributed by atoms with E-state index in [0.29, 0.717) is 22.6 Å². The van der Waals surface area contributed by atoms with Crippen LogP contribution in [0, 0.1) is 0 Å². The summed E-state index contributed by atoms with van der Waals surface area (Å²) in [4.78, 5) is 46.9. The molecule has 0 aliphatic carbocycles. The van der Waals surface area contributed by atoms with E-state index < -0.39 is 18.5 Å². The van der Waals surface area contributed by atoms with Gasteiger partial charge in [-0.15, -0.1) is 0 Å². The molecule has 0 spiro atoms. The normalized spacial score (nSPS) is 10.0. The second kappa shape index (κ2) is 10.6. The van der Waals surface area contributed by atoms with Crippen molar-refractivity contribution in [1.29, 1.82) is 0 Å². The summed E-state index contributed by atoms with van der Waals surface area (Å²) < 4.78 is 10.0. The number of carbonyl (C=O) groups excluding carboxylic acids is 4. The van der Waals surface area contributed by atoms with E-state index in [1.807, 2.05) is 0 Å². The van der Waals surface area contributed by atoms with Crippen molar-refractivity contribution in [3.8, 4) is 5.75 Å². The number of rotatable bonds is 9. The third kappa shape index (κ3) is 6.76. The van der Waals surface area contributed by atoms with E-state index in [1.54, 1.807) is 48.5 Å². The van der Waals surface area contributed by atoms with E-state index in [0.717, 1.165) is 0 Å². The van der Waals surface area contributed by atoms with Gasteiger partial charge in [-0.25, -0.2) is 0 Å². The van der Waals surface area contributed by atoms with Gasteiger partial charge in [-0.3, -0.25) is 19.2 Å². The van der Waals surface area contributed by atoms with Gasteiger partial charge in [0.05, 0.1) is 19.1 Å². The Bertz CT molecular complexity index is 892. The fourth-order valence-corrected chi connectivity index (χ4v) is 2.41. The Morgan fingerprint density at radius 1 is 0.966 bits per heavy atom. The summed E-state index contributed by atoms with van der Waals surface area (Å²) in [5.74, 6) is -1.14. The summed E-state index contributed by atoms with van der Waals surface area (Å²) in [6, 6.07) is 13.1. The molecule has 29 heavy (non-hydrogen) atoms. The predicted octanol–water partition coefficient (Wildman–Crippen LogP) is 2.20. The van der Waals surface area contributed by atoms with Crippen molar-refractivity contribution in [2.45, 2.75) is 13.3 Å². The highest BCUT2D eigenvalue weighted by Crippen LogP contribution is 2.16. The number of amides is 2. The third-order valence-electron chi connectivity index (χ3n) is 3.91. The van der Waals surface area contributed by atoms with E-state index in [1.165, 1.54) is 14.0 Å². The number of hydrogen-bond acceptors (Lipinski definition) is 6. The lowest BCUT2D eigenvalue weighted by atomic mass is 10.1. The number of carbonyl (C=O) groups is 4. The molecule has 2 aromatic carbocycles. The second-order valence-electron chi connectivity index (χ2n) is 6.05. The Hall–Kier alpha value is -3.68. The number of nitrogens with one attached hydrogen (secondary N) is 2. The molecule has 2 N–H and O–H groups in total. The van der Waals surface area contributed by atoms with E-state index in [-0.39, 0.29) is 24.7 Å². The Morgan fingerprint density at radius 2 is 1.66 bits per heavy atom. The van der Waals surface area contributed by atoms with Crippen LogP contribution in [0.4, 0.5) is 5.69 Å². The van der Waals surface area contributed by atoms with Crippen LogP contribution in [0.2, 0.25) is 0 Å². The molecule has 0 bridgehead atoms. The van der Waals surface area contributed by atoms with Crippen molar-refractivity contribution in [2.24, 2.45) is 0 Å². The molecule has 2 aromatic rings. The van der Waals surface area contributed by atoms with E-state index in [2.05, 4.69) is 10.6 Å². The van der Waals surface area contributed by atoms with E-state index in [9.17, 15) is 19.2 Å². The molecule has 152 valence electrons. The molecule has 8 heteroatoms. The first-order chi connectivity index (χ1) is 13.9. The molecule has 8 nitrogen and oxygen atoms in total. The number of benzene rings is 2. The van der Waals surface area contributed by atoms with Crippen molar-refractivity contribution >= 4 is 29.3 Å². The Balaban J connectivity index is 1.70. The summed E-state index contributed by atoms with van der Waals surface area (Å²) in [6.45, 7) is 1.06. The lowest BCUT2D eigenvalue weighted by molar-refractivity contribution is -0.147. The van der Waals surface area contributed by atoms with Gasteiger partial charge in [0.15, 0.2) is 12.4 Å². The van der Waals surface area contributed by atoms with Crippen LogP contribution in [0.3, 0.4) is 0 Å². The van der Waals surface area contributed by atoms with Crippen LogP contribution in [0.1, 0.15) is 34.1 Å². The average molecular weight is 398 g/mol. The summed E-state index contributed by atoms with van der Waals surface area (Å²) in [5, 5.41) is 5.16. The van der Waals surface area contributed by atoms with Crippen molar-refractivity contribution in [2.75, 3.05) is 25.6 Å². The van der Waals surface area contributed by atoms with Crippen LogP contribution in [0.25, 0.3) is 0 Å². The number of esters is 1. The molecule has 0 fully saturated rings. The maximum absolute atomic E-state index is 12.1. The first-order valence-corrected chi connectivity index (χ1v) is 8.88. The number of methoxy groups -OCH3 is 1. The van der Waals surface area contributed by atoms with Gasteiger partial charge in [-0.05, 0) is 43.3 Å². The smallest absolute Gasteiger partial charge is 0.308 e. The van der Waals surface area contributed by atoms with Gasteiger partial charge in [0.2, 0.25) is 0 Å². The number of para-hydroxylation sites is 1. The average Bonchev–Trinajstić information content (AvgIpc) is 2.72. The van der Waals surface area contributed by atoms with Crippen molar-refractivity contribution < 1.29 is 28.7 Å². The number of hydrogen-bond donors (Lipinski definition) is 2. The molecule has 2 rings (SSSR count). The van der Waals surface area contributed by atoms with Gasteiger partial charge in [0, 0.05) is 17.8 Å². The second-order valence-corrected chi connectivity index (χ2v) is 6.05. The summed E-state index contributed by atoms with van der Waals surface area (Å²) in [6.07, 6.45) is -0.0819. The lowest BCUT2D eigenvalue weighted by Gasteiger charge is -2.09. The minimum absolute atomic E-state index is 0.0594. The van der Waals surface area contributed by atoms with Gasteiger partial charge in [-0.1, -0.05) is 12.1 Å². The largest absolute Gasteiger partial charge is 0.496 e. The standard InChI is InChI=1S/C21H22N2O6/c1-14(24)15-7-9-16(10-8-15)23-19(25)13-29-20(26)11-12-22-21(27)17-5-3-4-6-18(17)28-2/h3-10H,11-13H2,1-2H3,(H,22,27)(H,23,25). The SMILES string of the molecule is COc1ccccc1C(=O)NCCC(=O)OCC(=O)Nc1ccc(C(C)=O)cc1. The quantitative estimate of drug-likeness (QED) is 0.495. The topological polar surface area (TPSA) is 111 Å². The van der Waals surface area contributed by atoms with Crippen LogP contribution in [-0.2, 0) is 14.3 Å². The molecule has 2 amide bonds. The Labute approximate surface area is 168 Å². The molecule has 0 aliphatic heterocycles. The zero-order valence-electron chi connectivity index (χ0n) is 16.2. The van der Waals surface area contributed by atoms with Crippen molar-refractivity contribution in [3.05, 3.63) is 59.7 Å². The zero-order valence-corrected chi connectivity index (χ0v) is 16.2. The van der Waals surface area contributed by atoms with E-state index in [4.69, 9.17) is 9.47 Å². The summed E-state index contributed by atoms with van der Waals surface area (Å²) >= 11 is 0. The number of ether oxygens (including phenoxy) is 2. The van der Waals surface area contributed by atoms with Crippen molar-refractivity contribution in [3.63, 3.8) is 0 Å². The van der Waals surface area contributed by atoms with Crippen LogP contribution in [0.5, 0.6) is 5.75 Å². The van der Waals surface area contributed by atoms with Crippen LogP contribution in [0.15, 0.2) is 48.5 Å². The fraction of sp³-hybridized carbons (Fsp3) is 0.238. The summed E-state index contributed by atoms with van der Waals surface area (Å²) in [5.41, 5.74) is 1.38. The maximum Gasteiger partial charge on any atom is 0.308 e. The van der Waals surface area contributed by atoms with Crippen molar-refractivity contribution in [1.82, 2.24) is 5.32 Å². The Kier molecular flexibility index (Phi) is 7.90. The number of Topliss-reactive ketones (excluding diaryl/α,β-unsaturated/α-hetero) is 1. The fourth-order valence-electron chi connectivity index (χ4n) is 2.41. The molecule has 0 aromatic heterocycles. The zero-order chi connectivity index (χ0) is 21.2. The monoisotopic (exact) mass is 398 g/mol. The predicted molar refractivity (Wildman–Crippen MR) is 106 cm³/mol. The van der Waals surface area contributed by atoms with Gasteiger partial charge in [-0.2, -0.15) is 0 Å². The first-order valence-electron chi connectivity index (χ1n) is 8.88. The highest BCUT2D eigenvalue weighted by Gasteiger charge is 2.13. The molecule has 0 saturated heterocycles. The molecule has 0 radical (unpaired) electrons. The maximum atomic E-state index is 12.1. The van der Waals surface area contributed by atoms with Crippen LogP contribution in [-0.4, -0.2) is 43.8 Å². The molecule has 0 unspecified atom stereocenters. The molecular formula is C21H22N2O6. The molecule has 0 heterocycles. The highest BCUT2D eigenvalue weighted by atomic mass is 16.5. The van der Waals surface area contributed by atoms with E-state index >= 15 is 0 Å².